The Hall–Kier alpha value is -2.50. The molecule has 2 aliphatic rings. The Morgan fingerprint density at radius 1 is 1.06 bits per heavy atom. The van der Waals surface area contributed by atoms with Crippen molar-refractivity contribution in [1.82, 2.24) is 9.29 Å². The topological polar surface area (TPSA) is 108 Å². The second-order valence-electron chi connectivity index (χ2n) is 7.81. The van der Waals surface area contributed by atoms with Crippen molar-refractivity contribution in [3.05, 3.63) is 48.2 Å². The first-order chi connectivity index (χ1) is 14.6. The fourth-order valence-corrected chi connectivity index (χ4v) is 7.41. The number of carbonyl (C=O) groups excluding carboxylic acids is 1. The first kappa shape index (κ1) is 21.7. The van der Waals surface area contributed by atoms with Gasteiger partial charge in [0.25, 0.3) is 0 Å². The van der Waals surface area contributed by atoms with Crippen molar-refractivity contribution in [3.63, 3.8) is 0 Å². The van der Waals surface area contributed by atoms with E-state index in [0.717, 1.165) is 10.1 Å². The van der Waals surface area contributed by atoms with Crippen LogP contribution in [-0.2, 0) is 24.8 Å². The van der Waals surface area contributed by atoms with Gasteiger partial charge in [-0.1, -0.05) is 13.0 Å². The molecule has 0 bridgehead atoms. The molecular formula is C20H24N4O5S2. The first-order valence-electron chi connectivity index (χ1n) is 9.95. The third-order valence-electron chi connectivity index (χ3n) is 5.58. The van der Waals surface area contributed by atoms with Crippen molar-refractivity contribution < 1.29 is 21.6 Å². The summed E-state index contributed by atoms with van der Waals surface area (Å²) in [6.45, 7) is 4.85. The Kier molecular flexibility index (Phi) is 5.52. The molecule has 11 heteroatoms. The molecule has 0 radical (unpaired) electrons. The minimum Gasteiger partial charge on any atom is -0.354 e. The second-order valence-corrected chi connectivity index (χ2v) is 11.6. The molecule has 0 N–H and O–H groups in total. The van der Waals surface area contributed by atoms with E-state index in [1.165, 1.54) is 22.5 Å². The summed E-state index contributed by atoms with van der Waals surface area (Å²) in [6.07, 6.45) is 1.70. The van der Waals surface area contributed by atoms with Crippen LogP contribution in [0.3, 0.4) is 0 Å². The number of piperazine rings is 1. The molecule has 2 aromatic rings. The van der Waals surface area contributed by atoms with Crippen molar-refractivity contribution in [1.29, 1.82) is 0 Å². The van der Waals surface area contributed by atoms with Crippen LogP contribution in [0, 0.1) is 12.8 Å². The minimum absolute atomic E-state index is 0.111. The highest BCUT2D eigenvalue weighted by atomic mass is 32.2. The highest BCUT2D eigenvalue weighted by Crippen LogP contribution is 2.31. The maximum absolute atomic E-state index is 13.2. The number of hydrogen-bond donors (Lipinski definition) is 0. The lowest BCUT2D eigenvalue weighted by molar-refractivity contribution is -0.119. The molecule has 2 aliphatic heterocycles. The summed E-state index contributed by atoms with van der Waals surface area (Å²) in [5.41, 5.74) is 0.568. The van der Waals surface area contributed by atoms with E-state index in [9.17, 15) is 21.6 Å². The molecule has 1 aromatic heterocycles. The summed E-state index contributed by atoms with van der Waals surface area (Å²) < 4.78 is 53.3. The van der Waals surface area contributed by atoms with Crippen LogP contribution in [0.2, 0.25) is 0 Å². The minimum atomic E-state index is -3.76. The number of amides is 1. The summed E-state index contributed by atoms with van der Waals surface area (Å²) in [4.78, 5) is 18.8. The van der Waals surface area contributed by atoms with E-state index in [1.807, 2.05) is 23.1 Å². The quantitative estimate of drug-likeness (QED) is 0.669. The molecular weight excluding hydrogens is 440 g/mol. The van der Waals surface area contributed by atoms with Crippen molar-refractivity contribution in [2.75, 3.05) is 41.1 Å². The van der Waals surface area contributed by atoms with Crippen LogP contribution in [-0.4, -0.2) is 64.0 Å². The van der Waals surface area contributed by atoms with Crippen LogP contribution in [0.15, 0.2) is 47.5 Å². The zero-order valence-corrected chi connectivity index (χ0v) is 18.9. The van der Waals surface area contributed by atoms with E-state index in [1.54, 1.807) is 20.0 Å². The summed E-state index contributed by atoms with van der Waals surface area (Å²) >= 11 is 0. The van der Waals surface area contributed by atoms with Crippen LogP contribution in [0.25, 0.3) is 0 Å². The largest absolute Gasteiger partial charge is 0.354 e. The normalized spacial score (nSPS) is 22.1. The molecule has 166 valence electrons. The molecule has 1 amide bonds. The van der Waals surface area contributed by atoms with Crippen LogP contribution in [0.5, 0.6) is 0 Å². The molecule has 9 nitrogen and oxygen atoms in total. The molecule has 31 heavy (non-hydrogen) atoms. The molecule has 0 aliphatic carbocycles. The van der Waals surface area contributed by atoms with Gasteiger partial charge in [0, 0.05) is 32.4 Å². The SMILES string of the molecule is Cc1cc(N2C(=O)C(C)CS2(=O)=O)ccc1S(=O)(=O)N1CCN(c2ccccn2)CC1. The van der Waals surface area contributed by atoms with Crippen molar-refractivity contribution in [2.45, 2.75) is 18.7 Å². The fraction of sp³-hybridized carbons (Fsp3) is 0.400. The summed E-state index contributed by atoms with van der Waals surface area (Å²) in [5.74, 6) is -0.554. The third kappa shape index (κ3) is 3.92. The van der Waals surface area contributed by atoms with E-state index in [2.05, 4.69) is 4.98 Å². The number of sulfonamides is 2. The number of benzene rings is 1. The monoisotopic (exact) mass is 464 g/mol. The van der Waals surface area contributed by atoms with Crippen LogP contribution in [0.4, 0.5) is 11.5 Å². The number of hydrogen-bond acceptors (Lipinski definition) is 7. The first-order valence-corrected chi connectivity index (χ1v) is 13.0. The summed E-state index contributed by atoms with van der Waals surface area (Å²) in [6, 6.07) is 9.83. The Labute approximate surface area is 182 Å². The predicted molar refractivity (Wildman–Crippen MR) is 117 cm³/mol. The number of carbonyl (C=O) groups is 1. The van der Waals surface area contributed by atoms with E-state index in [0.29, 0.717) is 31.7 Å². The van der Waals surface area contributed by atoms with Crippen LogP contribution in [0.1, 0.15) is 12.5 Å². The average molecular weight is 465 g/mol. The van der Waals surface area contributed by atoms with Gasteiger partial charge in [-0.2, -0.15) is 4.31 Å². The van der Waals surface area contributed by atoms with Gasteiger partial charge in [-0.3, -0.25) is 4.79 Å². The van der Waals surface area contributed by atoms with Gasteiger partial charge in [0.05, 0.1) is 22.3 Å². The number of nitrogens with zero attached hydrogens (tertiary/aromatic N) is 4. The smallest absolute Gasteiger partial charge is 0.244 e. The van der Waals surface area contributed by atoms with Crippen molar-refractivity contribution in [2.24, 2.45) is 5.92 Å². The van der Waals surface area contributed by atoms with E-state index < -0.39 is 31.9 Å². The zero-order chi connectivity index (χ0) is 22.4. The number of anilines is 2. The van der Waals surface area contributed by atoms with E-state index in [4.69, 9.17) is 0 Å². The maximum atomic E-state index is 13.2. The summed E-state index contributed by atoms with van der Waals surface area (Å²) in [5, 5.41) is 0. The summed E-state index contributed by atoms with van der Waals surface area (Å²) in [7, 11) is -7.50. The number of aromatic nitrogens is 1. The van der Waals surface area contributed by atoms with Crippen LogP contribution < -0.4 is 9.21 Å². The third-order valence-corrected chi connectivity index (χ3v) is 9.51. The van der Waals surface area contributed by atoms with Gasteiger partial charge in [0.1, 0.15) is 5.82 Å². The maximum Gasteiger partial charge on any atom is 0.244 e. The van der Waals surface area contributed by atoms with Gasteiger partial charge in [-0.05, 0) is 42.8 Å². The van der Waals surface area contributed by atoms with Gasteiger partial charge >= 0.3 is 0 Å². The van der Waals surface area contributed by atoms with Gasteiger partial charge in [-0.15, -0.1) is 0 Å². The lowest BCUT2D eigenvalue weighted by Gasteiger charge is -2.35. The van der Waals surface area contributed by atoms with E-state index >= 15 is 0 Å². The molecule has 0 saturated carbocycles. The van der Waals surface area contributed by atoms with E-state index in [-0.39, 0.29) is 16.3 Å². The molecule has 1 unspecified atom stereocenters. The highest BCUT2D eigenvalue weighted by Gasteiger charge is 2.42. The van der Waals surface area contributed by atoms with Crippen molar-refractivity contribution >= 4 is 37.5 Å². The Morgan fingerprint density at radius 3 is 2.32 bits per heavy atom. The molecule has 3 heterocycles. The van der Waals surface area contributed by atoms with Gasteiger partial charge in [-0.25, -0.2) is 26.1 Å². The van der Waals surface area contributed by atoms with Crippen molar-refractivity contribution in [3.8, 4) is 0 Å². The van der Waals surface area contributed by atoms with Gasteiger partial charge in [0.2, 0.25) is 26.0 Å². The van der Waals surface area contributed by atoms with Crippen LogP contribution >= 0.6 is 0 Å². The molecule has 4 rings (SSSR count). The van der Waals surface area contributed by atoms with Gasteiger partial charge < -0.3 is 4.90 Å². The molecule has 2 saturated heterocycles. The second kappa shape index (κ2) is 7.88. The number of rotatable bonds is 4. The van der Waals surface area contributed by atoms with Gasteiger partial charge in [0.15, 0.2) is 0 Å². The number of aryl methyl sites for hydroxylation is 1. The number of pyridine rings is 1. The standard InChI is InChI=1S/C20H24N4O5S2/c1-15-13-17(24-20(25)16(2)14-30(24,26)27)6-7-18(15)31(28,29)23-11-9-22(10-12-23)19-5-3-4-8-21-19/h3-8,13,16H,9-12,14H2,1-2H3. The Balaban J connectivity index is 1.55. The lowest BCUT2D eigenvalue weighted by atomic mass is 10.2. The molecule has 1 atom stereocenters. The molecule has 2 fully saturated rings. The highest BCUT2D eigenvalue weighted by molar-refractivity contribution is 7.94. The molecule has 1 aromatic carbocycles. The Morgan fingerprint density at radius 2 is 1.77 bits per heavy atom. The zero-order valence-electron chi connectivity index (χ0n) is 17.3. The lowest BCUT2D eigenvalue weighted by Crippen LogP contribution is -2.49. The Bertz CT molecular complexity index is 1210. The molecule has 0 spiro atoms. The average Bonchev–Trinajstić information content (AvgIpc) is 2.95. The predicted octanol–water partition coefficient (Wildman–Crippen LogP) is 1.21. The fourth-order valence-electron chi connectivity index (χ4n) is 3.97.